The Hall–Kier alpha value is -1.07. The van der Waals surface area contributed by atoms with E-state index in [1.54, 1.807) is 23.1 Å². The normalized spacial score (nSPS) is 16.2. The fraction of sp³-hybridized carbons (Fsp3) is 0.429. The Morgan fingerprint density at radius 1 is 1.35 bits per heavy atom. The molecule has 2 rings (SSSR count). The maximum Gasteiger partial charge on any atom is 0.303 e. The summed E-state index contributed by atoms with van der Waals surface area (Å²) in [5.41, 5.74) is 0.492. The van der Waals surface area contributed by atoms with Gasteiger partial charge in [0.1, 0.15) is 0 Å². The lowest BCUT2D eigenvalue weighted by Gasteiger charge is -2.31. The number of benzene rings is 1. The molecule has 1 aromatic rings. The first-order valence-electron chi connectivity index (χ1n) is 6.43. The zero-order valence-electron chi connectivity index (χ0n) is 10.8. The van der Waals surface area contributed by atoms with Crippen molar-refractivity contribution in [3.05, 3.63) is 33.3 Å². The molecule has 108 valence electrons. The Morgan fingerprint density at radius 2 is 2.00 bits per heavy atom. The van der Waals surface area contributed by atoms with Gasteiger partial charge in [0.2, 0.25) is 0 Å². The first kappa shape index (κ1) is 15.3. The second kappa shape index (κ2) is 6.59. The fourth-order valence-electron chi connectivity index (χ4n) is 2.42. The lowest BCUT2D eigenvalue weighted by atomic mass is 9.93. The largest absolute Gasteiger partial charge is 0.481 e. The highest BCUT2D eigenvalue weighted by molar-refractivity contribution is 9.10. The average Bonchev–Trinajstić information content (AvgIpc) is 2.38. The first-order valence-corrected chi connectivity index (χ1v) is 7.60. The smallest absolute Gasteiger partial charge is 0.303 e. The molecule has 1 heterocycles. The summed E-state index contributed by atoms with van der Waals surface area (Å²) in [5, 5.41) is 9.21. The van der Waals surface area contributed by atoms with Gasteiger partial charge < -0.3 is 10.0 Å². The number of likely N-dealkylation sites (tertiary alicyclic amines) is 1. The maximum atomic E-state index is 12.4. The number of hydrogen-bond acceptors (Lipinski definition) is 2. The molecular formula is C14H15BrClNO3. The van der Waals surface area contributed by atoms with E-state index in [0.29, 0.717) is 23.7 Å². The minimum atomic E-state index is -0.772. The lowest BCUT2D eigenvalue weighted by Crippen LogP contribution is -2.39. The third-order valence-electron chi connectivity index (χ3n) is 3.53. The Balaban J connectivity index is 1.99. The molecule has 6 heteroatoms. The van der Waals surface area contributed by atoms with E-state index in [-0.39, 0.29) is 18.2 Å². The quantitative estimate of drug-likeness (QED) is 0.898. The van der Waals surface area contributed by atoms with E-state index in [1.165, 1.54) is 0 Å². The van der Waals surface area contributed by atoms with Gasteiger partial charge >= 0.3 is 5.97 Å². The summed E-state index contributed by atoms with van der Waals surface area (Å²) < 4.78 is 0.833. The van der Waals surface area contributed by atoms with Crippen LogP contribution in [0.25, 0.3) is 0 Å². The van der Waals surface area contributed by atoms with Gasteiger partial charge in [0, 0.05) is 24.0 Å². The van der Waals surface area contributed by atoms with Gasteiger partial charge in [-0.1, -0.05) is 27.5 Å². The summed E-state index contributed by atoms with van der Waals surface area (Å²) in [7, 11) is 0. The second-order valence-electron chi connectivity index (χ2n) is 4.96. The van der Waals surface area contributed by atoms with Crippen LogP contribution in [-0.4, -0.2) is 35.0 Å². The topological polar surface area (TPSA) is 57.6 Å². The molecule has 0 atom stereocenters. The molecule has 20 heavy (non-hydrogen) atoms. The minimum Gasteiger partial charge on any atom is -0.481 e. The van der Waals surface area contributed by atoms with E-state index < -0.39 is 5.97 Å². The van der Waals surface area contributed by atoms with E-state index in [0.717, 1.165) is 17.3 Å². The highest BCUT2D eigenvalue weighted by Gasteiger charge is 2.25. The molecule has 4 nitrogen and oxygen atoms in total. The van der Waals surface area contributed by atoms with Gasteiger partial charge in [-0.2, -0.15) is 0 Å². The van der Waals surface area contributed by atoms with Crippen LogP contribution in [0.5, 0.6) is 0 Å². The number of hydrogen-bond donors (Lipinski definition) is 1. The molecule has 1 N–H and O–H groups in total. The highest BCUT2D eigenvalue weighted by Crippen LogP contribution is 2.26. The van der Waals surface area contributed by atoms with E-state index in [2.05, 4.69) is 15.9 Å². The minimum absolute atomic E-state index is 0.0868. The number of carboxylic acids is 1. The fourth-order valence-corrected chi connectivity index (χ4v) is 3.17. The number of nitrogens with zero attached hydrogens (tertiary/aromatic N) is 1. The van der Waals surface area contributed by atoms with Gasteiger partial charge in [0.15, 0.2) is 0 Å². The summed E-state index contributed by atoms with van der Waals surface area (Å²) in [6.07, 6.45) is 1.64. The third-order valence-corrected chi connectivity index (χ3v) is 4.33. The zero-order chi connectivity index (χ0) is 14.7. The van der Waals surface area contributed by atoms with Gasteiger partial charge in [0.05, 0.1) is 10.6 Å². The van der Waals surface area contributed by atoms with Gasteiger partial charge in [-0.25, -0.2) is 0 Å². The molecule has 0 aromatic heterocycles. The van der Waals surface area contributed by atoms with Crippen molar-refractivity contribution in [3.8, 4) is 0 Å². The van der Waals surface area contributed by atoms with Crippen molar-refractivity contribution in [3.63, 3.8) is 0 Å². The van der Waals surface area contributed by atoms with Crippen LogP contribution in [0.2, 0.25) is 5.02 Å². The van der Waals surface area contributed by atoms with Crippen LogP contribution in [0.1, 0.15) is 29.6 Å². The number of carbonyl (C=O) groups is 2. The van der Waals surface area contributed by atoms with E-state index in [9.17, 15) is 9.59 Å². The predicted octanol–water partition coefficient (Wildman–Crippen LogP) is 3.43. The van der Waals surface area contributed by atoms with Crippen LogP contribution in [0.4, 0.5) is 0 Å². The standard InChI is InChI=1S/C14H15BrClNO3/c15-10-1-2-11(12(16)8-10)14(20)17-5-3-9(4-6-17)7-13(18)19/h1-2,8-9H,3-7H2,(H,18,19). The summed E-state index contributed by atoms with van der Waals surface area (Å²) in [6, 6.07) is 5.19. The maximum absolute atomic E-state index is 12.4. The summed E-state index contributed by atoms with van der Waals surface area (Å²) >= 11 is 9.39. The van der Waals surface area contributed by atoms with Crippen molar-refractivity contribution in [2.75, 3.05) is 13.1 Å². The number of piperidine rings is 1. The molecule has 0 saturated carbocycles. The molecule has 1 saturated heterocycles. The Kier molecular flexibility index (Phi) is 5.05. The summed E-state index contributed by atoms with van der Waals surface area (Å²) in [5.74, 6) is -0.695. The first-order chi connectivity index (χ1) is 9.47. The summed E-state index contributed by atoms with van der Waals surface area (Å²) in [4.78, 5) is 24.8. The third kappa shape index (κ3) is 3.73. The molecular weight excluding hydrogens is 346 g/mol. The Bertz CT molecular complexity index is 527. The summed E-state index contributed by atoms with van der Waals surface area (Å²) in [6.45, 7) is 1.17. The van der Waals surface area contributed by atoms with Gasteiger partial charge in [-0.3, -0.25) is 9.59 Å². The van der Waals surface area contributed by atoms with Gasteiger partial charge in [-0.15, -0.1) is 0 Å². The van der Waals surface area contributed by atoms with Crippen molar-refractivity contribution < 1.29 is 14.7 Å². The van der Waals surface area contributed by atoms with Gasteiger partial charge in [-0.05, 0) is 37.0 Å². The number of carboxylic acid groups (broad SMARTS) is 1. The average molecular weight is 361 g/mol. The molecule has 1 amide bonds. The molecule has 1 aliphatic rings. The zero-order valence-corrected chi connectivity index (χ0v) is 13.2. The van der Waals surface area contributed by atoms with Crippen LogP contribution in [0, 0.1) is 5.92 Å². The van der Waals surface area contributed by atoms with Crippen molar-refractivity contribution in [1.29, 1.82) is 0 Å². The van der Waals surface area contributed by atoms with E-state index >= 15 is 0 Å². The Morgan fingerprint density at radius 3 is 2.55 bits per heavy atom. The van der Waals surface area contributed by atoms with Crippen molar-refractivity contribution in [2.24, 2.45) is 5.92 Å². The molecule has 1 aromatic carbocycles. The van der Waals surface area contributed by atoms with Crippen LogP contribution in [0.3, 0.4) is 0 Å². The van der Waals surface area contributed by atoms with Gasteiger partial charge in [0.25, 0.3) is 5.91 Å². The monoisotopic (exact) mass is 359 g/mol. The predicted molar refractivity (Wildman–Crippen MR) is 80.0 cm³/mol. The van der Waals surface area contributed by atoms with Crippen LogP contribution in [0.15, 0.2) is 22.7 Å². The van der Waals surface area contributed by atoms with Crippen LogP contribution in [-0.2, 0) is 4.79 Å². The van der Waals surface area contributed by atoms with Crippen molar-refractivity contribution in [2.45, 2.75) is 19.3 Å². The molecule has 1 aliphatic heterocycles. The van der Waals surface area contributed by atoms with Crippen molar-refractivity contribution >= 4 is 39.4 Å². The SMILES string of the molecule is O=C(O)CC1CCN(C(=O)c2ccc(Br)cc2Cl)CC1. The Labute approximate surface area is 130 Å². The number of carbonyl (C=O) groups excluding carboxylic acids is 1. The number of aliphatic carboxylic acids is 1. The van der Waals surface area contributed by atoms with E-state index in [1.807, 2.05) is 0 Å². The molecule has 0 spiro atoms. The number of rotatable bonds is 3. The second-order valence-corrected chi connectivity index (χ2v) is 6.28. The molecule has 1 fully saturated rings. The van der Waals surface area contributed by atoms with Crippen LogP contribution < -0.4 is 0 Å². The number of amides is 1. The molecule has 0 radical (unpaired) electrons. The van der Waals surface area contributed by atoms with Crippen LogP contribution >= 0.6 is 27.5 Å². The lowest BCUT2D eigenvalue weighted by molar-refractivity contribution is -0.138. The van der Waals surface area contributed by atoms with E-state index in [4.69, 9.17) is 16.7 Å². The molecule has 0 aliphatic carbocycles. The van der Waals surface area contributed by atoms with Crippen molar-refractivity contribution in [1.82, 2.24) is 4.90 Å². The number of halogens is 2. The molecule has 0 bridgehead atoms. The highest BCUT2D eigenvalue weighted by atomic mass is 79.9. The molecule has 0 unspecified atom stereocenters.